The molecule has 2 fully saturated rings. The van der Waals surface area contributed by atoms with Gasteiger partial charge in [-0.2, -0.15) is 9.58 Å². The topological polar surface area (TPSA) is 321 Å². The molecule has 4 unspecified atom stereocenters. The Kier molecular flexibility index (Phi) is 6.10. The Labute approximate surface area is 308 Å². The van der Waals surface area contributed by atoms with Crippen LogP contribution in [0.5, 0.6) is 23.0 Å². The van der Waals surface area contributed by atoms with E-state index < -0.39 is 168 Å². The van der Waals surface area contributed by atoms with E-state index in [-0.39, 0.29) is 12.8 Å². The molecule has 18 nitrogen and oxygen atoms in total. The molecule has 2 aliphatic carbocycles. The summed E-state index contributed by atoms with van der Waals surface area (Å²) in [6, 6.07) is 3.39. The van der Waals surface area contributed by atoms with Gasteiger partial charge in [0.15, 0.2) is 21.7 Å². The van der Waals surface area contributed by atoms with Gasteiger partial charge in [0.1, 0.15) is 57.2 Å². The number of ether oxygens (including phenoxy) is 2. The van der Waals surface area contributed by atoms with Gasteiger partial charge in [0, 0.05) is 21.9 Å². The van der Waals surface area contributed by atoms with Crippen LogP contribution < -0.4 is 32.4 Å². The van der Waals surface area contributed by atoms with Crippen molar-refractivity contribution in [2.24, 2.45) is 11.8 Å². The summed E-state index contributed by atoms with van der Waals surface area (Å²) < 4.78 is 13.2. The van der Waals surface area contributed by atoms with Crippen LogP contribution in [0.4, 0.5) is 0 Å². The van der Waals surface area contributed by atoms with Crippen LogP contribution in [-0.2, 0) is 21.0 Å². The van der Waals surface area contributed by atoms with E-state index in [0.717, 1.165) is 24.3 Å². The maximum absolute atomic E-state index is 13.2. The number of hydrogen-bond acceptors (Lipinski definition) is 14. The van der Waals surface area contributed by atoms with Crippen LogP contribution in [0.1, 0.15) is 61.2 Å². The molecule has 4 aliphatic rings. The Morgan fingerprint density at radius 1 is 0.554 bits per heavy atom. The lowest BCUT2D eigenvalue weighted by Gasteiger charge is -2.49. The van der Waals surface area contributed by atoms with E-state index in [1.165, 1.54) is 13.8 Å². The molecular formula is C38H26N4O14. The third-order valence-electron chi connectivity index (χ3n) is 13.1. The lowest BCUT2D eigenvalue weighted by atomic mass is 9.58. The van der Waals surface area contributed by atoms with Gasteiger partial charge in [0.2, 0.25) is 11.6 Å². The quantitative estimate of drug-likeness (QED) is 0.0612. The van der Waals surface area contributed by atoms with Crippen molar-refractivity contribution in [2.45, 2.75) is 61.7 Å². The van der Waals surface area contributed by atoms with Gasteiger partial charge in [0.25, 0.3) is 0 Å². The zero-order chi connectivity index (χ0) is 40.1. The van der Waals surface area contributed by atoms with Crippen molar-refractivity contribution >= 4 is 43.1 Å². The average Bonchev–Trinajstić information content (AvgIpc) is 3.89. The smallest absolute Gasteiger partial charge is 0.333 e. The highest BCUT2D eigenvalue weighted by molar-refractivity contribution is 6.14. The van der Waals surface area contributed by atoms with E-state index in [9.17, 15) is 71.1 Å². The van der Waals surface area contributed by atoms with E-state index in [2.05, 4.69) is 9.58 Å². The minimum Gasteiger partial charge on any atom is -0.506 e. The van der Waals surface area contributed by atoms with E-state index >= 15 is 0 Å². The summed E-state index contributed by atoms with van der Waals surface area (Å²) in [7, 11) is 0. The van der Waals surface area contributed by atoms with Crippen LogP contribution in [0.15, 0.2) is 43.4 Å². The van der Waals surface area contributed by atoms with Gasteiger partial charge >= 0.3 is 10.7 Å². The van der Waals surface area contributed by atoms with Crippen molar-refractivity contribution in [1.29, 1.82) is 0 Å². The molecule has 8 atom stereocenters. The fraction of sp³-hybridized carbons (Fsp3) is 0.316. The van der Waals surface area contributed by atoms with Crippen molar-refractivity contribution in [3.63, 3.8) is 0 Å². The maximum atomic E-state index is 13.2. The van der Waals surface area contributed by atoms with Crippen molar-refractivity contribution in [1.82, 2.24) is 0 Å². The van der Waals surface area contributed by atoms with Crippen molar-refractivity contribution in [2.75, 3.05) is 0 Å². The predicted molar refractivity (Wildman–Crippen MR) is 186 cm³/mol. The molecule has 0 saturated carbocycles. The summed E-state index contributed by atoms with van der Waals surface area (Å²) in [4.78, 5) is 58.7. The molecular weight excluding hydrogens is 736 g/mol. The second-order valence-corrected chi connectivity index (χ2v) is 15.0. The standard InChI is InChI=1S/C38H26N4O14/c1-3-35-31-32-36(4-2,34(52)22-24(38(32,54)55-35)18-20(26(22)42-40)30(50)16-12(46)8-6-10(44)14(16)28(18)48)56-37(31,53)23-17-19(25(41-39)21(23)33(35)51)29(49)15-11(45)7-5-9(43)13(15)27(17)47/h5-8,31-34,47-54H,3-4H2,1-2H3/t31?,32?,33-,34-,35+,36?,37?,38+/m1/s1. The average molecular weight is 763 g/mol. The second kappa shape index (κ2) is 9.96. The summed E-state index contributed by atoms with van der Waals surface area (Å²) in [5.74, 6) is -13.0. The lowest BCUT2D eigenvalue weighted by Crippen LogP contribution is -2.57. The monoisotopic (exact) mass is 762 g/mol. The number of aliphatic hydroxyl groups excluding tert-OH is 2. The molecule has 56 heavy (non-hydrogen) atoms. The van der Waals surface area contributed by atoms with Gasteiger partial charge in [-0.05, 0) is 37.1 Å². The predicted octanol–water partition coefficient (Wildman–Crippen LogP) is -0.750. The molecule has 0 amide bonds. The number of hydrogen-bond donors (Lipinski definition) is 8. The molecule has 6 aromatic carbocycles. The molecule has 18 heteroatoms. The number of nitrogens with zero attached hydrogens (tertiary/aromatic N) is 4. The highest BCUT2D eigenvalue weighted by atomic mass is 16.7. The highest BCUT2D eigenvalue weighted by Gasteiger charge is 2.86. The number of aliphatic hydroxyl groups is 4. The fourth-order valence-electron chi connectivity index (χ4n) is 11.1. The first kappa shape index (κ1) is 34.3. The third kappa shape index (κ3) is 3.17. The largest absolute Gasteiger partial charge is 0.506 e. The molecule has 8 N–H and O–H groups in total. The molecule has 0 spiro atoms. The summed E-state index contributed by atoms with van der Waals surface area (Å²) >= 11 is 0. The van der Waals surface area contributed by atoms with Gasteiger partial charge in [0.05, 0.1) is 44.5 Å². The van der Waals surface area contributed by atoms with Crippen LogP contribution in [0.2, 0.25) is 0 Å². The highest BCUT2D eigenvalue weighted by Crippen LogP contribution is 2.77. The molecule has 2 saturated heterocycles. The van der Waals surface area contributed by atoms with Gasteiger partial charge < -0.3 is 61.4 Å². The molecule has 10 rings (SSSR count). The minimum atomic E-state index is -2.90. The Hall–Kier alpha value is -6.20. The van der Waals surface area contributed by atoms with Crippen molar-refractivity contribution < 1.29 is 59.9 Å². The molecule has 0 aromatic heterocycles. The van der Waals surface area contributed by atoms with E-state index in [4.69, 9.17) is 9.47 Å². The minimum absolute atomic E-state index is 0.310. The summed E-state index contributed by atoms with van der Waals surface area (Å²) in [6.45, 7) is 2.98. The van der Waals surface area contributed by atoms with Crippen molar-refractivity contribution in [3.8, 4) is 23.0 Å². The Balaban J connectivity index is 1.40. The molecule has 0 radical (unpaired) electrons. The van der Waals surface area contributed by atoms with Crippen LogP contribution >= 0.6 is 0 Å². The van der Waals surface area contributed by atoms with E-state index in [1.54, 1.807) is 0 Å². The zero-order valence-electron chi connectivity index (χ0n) is 28.8. The first-order chi connectivity index (χ1) is 26.5. The first-order valence-electron chi connectivity index (χ1n) is 17.4. The molecule has 0 bridgehead atoms. The number of phenolic OH excluding ortho intramolecular Hbond substituents is 4. The van der Waals surface area contributed by atoms with E-state index in [0.29, 0.717) is 0 Å². The van der Waals surface area contributed by atoms with E-state index in [1.807, 2.05) is 0 Å². The maximum Gasteiger partial charge on any atom is 0.333 e. The number of rotatable bonds is 2. The van der Waals surface area contributed by atoms with Gasteiger partial charge in [-0.3, -0.25) is 19.2 Å². The van der Waals surface area contributed by atoms with Crippen LogP contribution in [-0.4, -0.2) is 61.6 Å². The van der Waals surface area contributed by atoms with Crippen LogP contribution in [0, 0.1) is 11.8 Å². The fourth-order valence-corrected chi connectivity index (χ4v) is 11.1. The molecule has 6 aromatic rings. The molecule has 2 aliphatic heterocycles. The summed E-state index contributed by atoms with van der Waals surface area (Å²) in [6.07, 6.45) is -4.79. The Morgan fingerprint density at radius 2 is 0.839 bits per heavy atom. The normalized spacial score (nSPS) is 31.2. The number of phenols is 4. The van der Waals surface area contributed by atoms with Crippen LogP contribution in [0.25, 0.3) is 54.2 Å². The van der Waals surface area contributed by atoms with Crippen molar-refractivity contribution in [3.05, 3.63) is 109 Å². The molecule has 2 heterocycles. The second-order valence-electron chi connectivity index (χ2n) is 15.0. The number of aromatic hydroxyl groups is 4. The Morgan fingerprint density at radius 3 is 1.11 bits per heavy atom. The first-order valence-corrected chi connectivity index (χ1v) is 17.4. The summed E-state index contributed by atoms with van der Waals surface area (Å²) in [5.41, 5.74) is 10.7. The Bertz CT molecular complexity index is 3120. The lowest BCUT2D eigenvalue weighted by molar-refractivity contribution is -0.354. The van der Waals surface area contributed by atoms with Gasteiger partial charge in [-0.1, -0.05) is 13.8 Å². The number of benzene rings is 4. The number of fused-ring (bicyclic) bond motifs is 10. The van der Waals surface area contributed by atoms with Gasteiger partial charge in [-0.15, -0.1) is 0 Å². The molecule has 282 valence electrons. The zero-order valence-corrected chi connectivity index (χ0v) is 28.8. The summed E-state index contributed by atoms with van der Waals surface area (Å²) in [5, 5.41) is 91.8. The van der Waals surface area contributed by atoms with Gasteiger partial charge in [-0.25, -0.2) is 0 Å². The third-order valence-corrected chi connectivity index (χ3v) is 13.1. The van der Waals surface area contributed by atoms with Crippen LogP contribution in [0.3, 0.4) is 0 Å². The SMILES string of the molecule is CCC12OC3(O)c4c(c(=[N+]=[N-])c5c(O)c6c(=O)ccc(=O)c6c(O)c45)[C@@H](O)[C@@]4(CC)O[C@@](O)(c5c(c(=[N+]=[N-])c6c(O)c7c(=O)ccc(=O)c7c(O)c56)[C@H]1O)C2C34.